The van der Waals surface area contributed by atoms with Crippen molar-refractivity contribution < 1.29 is 0 Å². The maximum absolute atomic E-state index is 2.95. The van der Waals surface area contributed by atoms with E-state index >= 15 is 0 Å². The van der Waals surface area contributed by atoms with Crippen LogP contribution in [0.2, 0.25) is 0 Å². The summed E-state index contributed by atoms with van der Waals surface area (Å²) in [5.74, 6) is 0. The molecular weight excluding hydrogens is 194 g/mol. The van der Waals surface area contributed by atoms with Gasteiger partial charge in [0.1, 0.15) is 0 Å². The van der Waals surface area contributed by atoms with Crippen molar-refractivity contribution in [3.63, 3.8) is 0 Å². The van der Waals surface area contributed by atoms with E-state index in [2.05, 4.69) is 18.2 Å². The minimum absolute atomic E-state index is 1.21. The van der Waals surface area contributed by atoms with Crippen LogP contribution in [0.5, 0.6) is 0 Å². The number of benzene rings is 1. The van der Waals surface area contributed by atoms with Crippen LogP contribution in [-0.2, 0) is 0 Å². The quantitative estimate of drug-likeness (QED) is 0.506. The first-order valence-corrected chi connectivity index (χ1v) is 3.76. The molecule has 1 radical (unpaired) electrons. The molecule has 0 aromatic heterocycles. The van der Waals surface area contributed by atoms with Gasteiger partial charge in [-0.3, -0.25) is 0 Å². The summed E-state index contributed by atoms with van der Waals surface area (Å²) >= 11 is 1.21. The molecule has 0 saturated heterocycles. The number of hydrogen-bond donors (Lipinski definition) is 0. The molecule has 0 aliphatic carbocycles. The second-order valence-electron chi connectivity index (χ2n) is 1.33. The first-order chi connectivity index (χ1) is 3.39. The Kier molecular flexibility index (Phi) is 1.76. The Balaban J connectivity index is 3.02. The van der Waals surface area contributed by atoms with Gasteiger partial charge in [-0.05, 0) is 0 Å². The van der Waals surface area contributed by atoms with Gasteiger partial charge in [0, 0.05) is 0 Å². The molecule has 35 valence electrons. The van der Waals surface area contributed by atoms with Crippen LogP contribution in [0, 0.1) is 6.07 Å². The SMILES string of the molecule is [SbH2][c]1cc[c]cc1. The van der Waals surface area contributed by atoms with Crippen molar-refractivity contribution in [2.24, 2.45) is 0 Å². The summed E-state index contributed by atoms with van der Waals surface area (Å²) in [6, 6.07) is 11.0. The zero-order valence-corrected chi connectivity index (χ0v) is 7.18. The van der Waals surface area contributed by atoms with Crippen LogP contribution < -0.4 is 3.51 Å². The van der Waals surface area contributed by atoms with Gasteiger partial charge in [0.05, 0.1) is 0 Å². The Morgan fingerprint density at radius 2 is 1.86 bits per heavy atom. The standard InChI is InChI=1S/C6H4.Sb.2H/c1-2-4-6-5-3-1;;;/h1-2,5-6H;;;. The Bertz CT molecular complexity index is 134. The topological polar surface area (TPSA) is 0 Å². The third kappa shape index (κ3) is 1.52. The molecule has 7 heavy (non-hydrogen) atoms. The molecule has 1 heteroatoms. The van der Waals surface area contributed by atoms with E-state index in [1.54, 1.807) is 0 Å². The second kappa shape index (κ2) is 2.37. The predicted octanol–water partition coefficient (Wildman–Crippen LogP) is -0.255. The van der Waals surface area contributed by atoms with Gasteiger partial charge in [0.15, 0.2) is 0 Å². The molecule has 1 aromatic rings. The monoisotopic (exact) mass is 199 g/mol. The van der Waals surface area contributed by atoms with E-state index in [-0.39, 0.29) is 0 Å². The van der Waals surface area contributed by atoms with Crippen molar-refractivity contribution in [1.29, 1.82) is 0 Å². The van der Waals surface area contributed by atoms with Crippen molar-refractivity contribution in [2.45, 2.75) is 0 Å². The predicted molar refractivity (Wildman–Crippen MR) is 33.5 cm³/mol. The molecule has 0 unspecified atom stereocenters. The average Bonchev–Trinajstić information content (AvgIpc) is 1.69. The molecule has 0 heterocycles. The Morgan fingerprint density at radius 1 is 1.29 bits per heavy atom. The van der Waals surface area contributed by atoms with E-state index in [1.165, 1.54) is 26.5 Å². The van der Waals surface area contributed by atoms with Crippen LogP contribution in [0.3, 0.4) is 0 Å². The van der Waals surface area contributed by atoms with Crippen molar-refractivity contribution in [3.8, 4) is 0 Å². The van der Waals surface area contributed by atoms with Gasteiger partial charge >= 0.3 is 56.9 Å². The average molecular weight is 200 g/mol. The van der Waals surface area contributed by atoms with E-state index in [0.29, 0.717) is 0 Å². The van der Waals surface area contributed by atoms with Crippen LogP contribution in [0.15, 0.2) is 24.3 Å². The minimum atomic E-state index is 1.21. The second-order valence-corrected chi connectivity index (χ2v) is 3.24. The van der Waals surface area contributed by atoms with Gasteiger partial charge in [-0.2, -0.15) is 0 Å². The van der Waals surface area contributed by atoms with Gasteiger partial charge in [-0.15, -0.1) is 0 Å². The van der Waals surface area contributed by atoms with Crippen LogP contribution in [-0.4, -0.2) is 23.0 Å². The number of rotatable bonds is 0. The fourth-order valence-corrected chi connectivity index (χ4v) is 0.949. The summed E-state index contributed by atoms with van der Waals surface area (Å²) in [4.78, 5) is 0. The molecule has 0 aliphatic rings. The molecule has 0 bridgehead atoms. The molecule has 0 spiro atoms. The number of hydrogen-bond acceptors (Lipinski definition) is 0. The molecule has 0 aliphatic heterocycles. The Morgan fingerprint density at radius 3 is 2.14 bits per heavy atom. The van der Waals surface area contributed by atoms with Crippen molar-refractivity contribution >= 4 is 26.5 Å². The normalized spacial score (nSPS) is 8.71. The van der Waals surface area contributed by atoms with Gasteiger partial charge in [0.25, 0.3) is 0 Å². The van der Waals surface area contributed by atoms with Gasteiger partial charge < -0.3 is 0 Å². The van der Waals surface area contributed by atoms with E-state index in [4.69, 9.17) is 0 Å². The van der Waals surface area contributed by atoms with Crippen LogP contribution in [0.4, 0.5) is 0 Å². The zero-order valence-electron chi connectivity index (χ0n) is 3.89. The molecule has 0 amide bonds. The summed E-state index contributed by atoms with van der Waals surface area (Å²) in [6.07, 6.45) is 0. The van der Waals surface area contributed by atoms with Gasteiger partial charge in [-0.25, -0.2) is 0 Å². The van der Waals surface area contributed by atoms with E-state index in [1.807, 2.05) is 12.1 Å². The molecule has 1 rings (SSSR count). The third-order valence-corrected chi connectivity index (χ3v) is 1.84. The molecule has 0 N–H and O–H groups in total. The van der Waals surface area contributed by atoms with Crippen LogP contribution >= 0.6 is 0 Å². The summed E-state index contributed by atoms with van der Waals surface area (Å²) in [5.41, 5.74) is 0. The molecular formula is C6H6Sb. The molecule has 0 nitrogen and oxygen atoms in total. The fraction of sp³-hybridized carbons (Fsp3) is 0. The molecule has 1 aromatic carbocycles. The summed E-state index contributed by atoms with van der Waals surface area (Å²) in [7, 11) is 0. The Labute approximate surface area is 57.0 Å². The van der Waals surface area contributed by atoms with E-state index < -0.39 is 0 Å². The summed E-state index contributed by atoms with van der Waals surface area (Å²) < 4.78 is 1.42. The first kappa shape index (κ1) is 5.18. The van der Waals surface area contributed by atoms with Crippen molar-refractivity contribution in [1.82, 2.24) is 0 Å². The van der Waals surface area contributed by atoms with Gasteiger partial charge in [-0.1, -0.05) is 0 Å². The zero-order chi connectivity index (χ0) is 5.11. The molecule has 0 atom stereocenters. The van der Waals surface area contributed by atoms with Crippen molar-refractivity contribution in [2.75, 3.05) is 0 Å². The van der Waals surface area contributed by atoms with E-state index in [0.717, 1.165) is 0 Å². The maximum atomic E-state index is 2.95. The molecule has 0 saturated carbocycles. The Hall–Kier alpha value is 0.0382. The molecule has 0 fully saturated rings. The van der Waals surface area contributed by atoms with E-state index in [9.17, 15) is 0 Å². The first-order valence-electron chi connectivity index (χ1n) is 2.11. The van der Waals surface area contributed by atoms with Crippen LogP contribution in [0.1, 0.15) is 0 Å². The van der Waals surface area contributed by atoms with Gasteiger partial charge in [0.2, 0.25) is 0 Å². The summed E-state index contributed by atoms with van der Waals surface area (Å²) in [6.45, 7) is 0. The van der Waals surface area contributed by atoms with Crippen LogP contribution in [0.25, 0.3) is 0 Å². The fourth-order valence-electron chi connectivity index (χ4n) is 0.400. The third-order valence-electron chi connectivity index (χ3n) is 0.744. The van der Waals surface area contributed by atoms with Crippen molar-refractivity contribution in [3.05, 3.63) is 30.3 Å². The summed E-state index contributed by atoms with van der Waals surface area (Å²) in [5, 5.41) is 0.